The lowest BCUT2D eigenvalue weighted by Gasteiger charge is -2.07. The fourth-order valence-corrected chi connectivity index (χ4v) is 3.91. The molecule has 0 saturated carbocycles. The molecular weight excluding hydrogens is 352 g/mol. The van der Waals surface area contributed by atoms with Crippen LogP contribution in [0.25, 0.3) is 0 Å². The molecule has 0 fully saturated rings. The molecule has 1 aromatic heterocycles. The van der Waals surface area contributed by atoms with Crippen LogP contribution in [0.15, 0.2) is 59.8 Å². The lowest BCUT2D eigenvalue weighted by atomic mass is 10.1. The van der Waals surface area contributed by atoms with Gasteiger partial charge in [0.1, 0.15) is 5.75 Å². The van der Waals surface area contributed by atoms with Crippen molar-refractivity contribution in [2.75, 3.05) is 12.9 Å². The Hall–Kier alpha value is -2.74. The Bertz CT molecular complexity index is 938. The van der Waals surface area contributed by atoms with Crippen molar-refractivity contribution in [1.29, 1.82) is 0 Å². The third-order valence-electron chi connectivity index (χ3n) is 3.99. The first-order valence-corrected chi connectivity index (χ1v) is 9.89. The zero-order chi connectivity index (χ0) is 18.4. The van der Waals surface area contributed by atoms with Crippen molar-refractivity contribution < 1.29 is 13.2 Å². The van der Waals surface area contributed by atoms with E-state index < -0.39 is 9.84 Å². The topological polar surface area (TPSA) is 87.0 Å². The Labute approximate surface area is 152 Å². The zero-order valence-corrected chi connectivity index (χ0v) is 15.3. The van der Waals surface area contributed by atoms with Crippen molar-refractivity contribution in [3.05, 3.63) is 65.7 Å². The largest absolute Gasteiger partial charge is 0.497 e. The molecule has 136 valence electrons. The number of tetrazole rings is 1. The Morgan fingerprint density at radius 3 is 2.42 bits per heavy atom. The van der Waals surface area contributed by atoms with Crippen molar-refractivity contribution in [3.8, 4) is 5.75 Å². The number of methoxy groups -OCH3 is 1. The van der Waals surface area contributed by atoms with Crippen molar-refractivity contribution >= 4 is 9.84 Å². The van der Waals surface area contributed by atoms with E-state index in [1.807, 2.05) is 54.6 Å². The molecule has 0 aliphatic carbocycles. The number of aromatic nitrogens is 4. The molecular formula is C18H20N4O3S. The first-order chi connectivity index (χ1) is 12.6. The smallest absolute Gasteiger partial charge is 0.268 e. The van der Waals surface area contributed by atoms with E-state index in [0.717, 1.165) is 16.9 Å². The molecule has 3 rings (SSSR count). The minimum Gasteiger partial charge on any atom is -0.497 e. The van der Waals surface area contributed by atoms with E-state index in [1.54, 1.807) is 7.11 Å². The van der Waals surface area contributed by atoms with Gasteiger partial charge in [-0.15, -0.1) is 0 Å². The van der Waals surface area contributed by atoms with Gasteiger partial charge in [-0.25, -0.2) is 13.1 Å². The van der Waals surface area contributed by atoms with Crippen LogP contribution in [0.1, 0.15) is 17.5 Å². The fraction of sp³-hybridized carbons (Fsp3) is 0.278. The summed E-state index contributed by atoms with van der Waals surface area (Å²) in [4.78, 5) is 0. The van der Waals surface area contributed by atoms with Gasteiger partial charge in [0.05, 0.1) is 19.4 Å². The molecule has 2 aromatic carbocycles. The third kappa shape index (κ3) is 4.45. The Morgan fingerprint density at radius 1 is 1.00 bits per heavy atom. The van der Waals surface area contributed by atoms with Crippen LogP contribution in [0.5, 0.6) is 5.75 Å². The van der Waals surface area contributed by atoms with Crippen LogP contribution in [0.3, 0.4) is 0 Å². The molecule has 0 unspecified atom stereocenters. The summed E-state index contributed by atoms with van der Waals surface area (Å²) in [6, 6.07) is 17.1. The predicted octanol–water partition coefficient (Wildman–Crippen LogP) is 2.14. The van der Waals surface area contributed by atoms with Gasteiger partial charge >= 0.3 is 0 Å². The molecule has 0 saturated heterocycles. The molecule has 0 N–H and O–H groups in total. The summed E-state index contributed by atoms with van der Waals surface area (Å²) in [6.07, 6.45) is 1.21. The van der Waals surface area contributed by atoms with Gasteiger partial charge in [-0.05, 0) is 46.5 Å². The normalized spacial score (nSPS) is 11.4. The lowest BCUT2D eigenvalue weighted by Crippen LogP contribution is -2.16. The van der Waals surface area contributed by atoms with Crippen LogP contribution in [0.4, 0.5) is 0 Å². The lowest BCUT2D eigenvalue weighted by molar-refractivity contribution is 0.414. The van der Waals surface area contributed by atoms with Crippen molar-refractivity contribution in [2.45, 2.75) is 24.5 Å². The molecule has 1 heterocycles. The molecule has 26 heavy (non-hydrogen) atoms. The van der Waals surface area contributed by atoms with Crippen molar-refractivity contribution in [1.82, 2.24) is 20.2 Å². The van der Waals surface area contributed by atoms with E-state index in [0.29, 0.717) is 12.8 Å². The van der Waals surface area contributed by atoms with Gasteiger partial charge < -0.3 is 4.74 Å². The molecule has 7 nitrogen and oxygen atoms in total. The molecule has 0 atom stereocenters. The minimum absolute atomic E-state index is 0.00484. The predicted molar refractivity (Wildman–Crippen MR) is 96.7 cm³/mol. The second kappa shape index (κ2) is 8.09. The minimum atomic E-state index is -3.55. The van der Waals surface area contributed by atoms with E-state index >= 15 is 0 Å². The maximum Gasteiger partial charge on any atom is 0.268 e. The van der Waals surface area contributed by atoms with Gasteiger partial charge in [-0.2, -0.15) is 0 Å². The van der Waals surface area contributed by atoms with Crippen LogP contribution in [0, 0.1) is 0 Å². The number of sulfone groups is 1. The highest BCUT2D eigenvalue weighted by Gasteiger charge is 2.22. The van der Waals surface area contributed by atoms with Gasteiger partial charge in [0.2, 0.25) is 9.84 Å². The summed E-state index contributed by atoms with van der Waals surface area (Å²) < 4.78 is 31.7. The standard InChI is InChI=1S/C18H20N4O3S/c1-25-17-11-9-16(10-12-17)14-22-18(19-20-21-22)26(23,24)13-5-8-15-6-3-2-4-7-15/h2-4,6-7,9-12H,5,8,13-14H2,1H3. The van der Waals surface area contributed by atoms with Crippen molar-refractivity contribution in [3.63, 3.8) is 0 Å². The molecule has 0 bridgehead atoms. The monoisotopic (exact) mass is 372 g/mol. The summed E-state index contributed by atoms with van der Waals surface area (Å²) in [7, 11) is -1.95. The number of hydrogen-bond donors (Lipinski definition) is 0. The Morgan fingerprint density at radius 2 is 1.73 bits per heavy atom. The van der Waals surface area contributed by atoms with Crippen LogP contribution >= 0.6 is 0 Å². The molecule has 8 heteroatoms. The second-order valence-corrected chi connectivity index (χ2v) is 7.88. The van der Waals surface area contributed by atoms with Crippen LogP contribution in [-0.4, -0.2) is 41.5 Å². The summed E-state index contributed by atoms with van der Waals surface area (Å²) in [5, 5.41) is 11.0. The number of ether oxygens (including phenoxy) is 1. The van der Waals surface area contributed by atoms with Crippen LogP contribution in [-0.2, 0) is 22.8 Å². The number of hydrogen-bond acceptors (Lipinski definition) is 6. The Balaban J connectivity index is 1.67. The first kappa shape index (κ1) is 18.1. The molecule has 0 amide bonds. The quantitative estimate of drug-likeness (QED) is 0.602. The maximum absolute atomic E-state index is 12.6. The highest BCUT2D eigenvalue weighted by molar-refractivity contribution is 7.91. The van der Waals surface area contributed by atoms with Gasteiger partial charge in [-0.1, -0.05) is 47.6 Å². The van der Waals surface area contributed by atoms with Crippen LogP contribution in [0.2, 0.25) is 0 Å². The third-order valence-corrected chi connectivity index (χ3v) is 5.66. The SMILES string of the molecule is COc1ccc(Cn2nnnc2S(=O)(=O)CCCc2ccccc2)cc1. The van der Waals surface area contributed by atoms with E-state index in [1.165, 1.54) is 4.68 Å². The highest BCUT2D eigenvalue weighted by atomic mass is 32.2. The average Bonchev–Trinajstić information content (AvgIpc) is 3.12. The van der Waals surface area contributed by atoms with Gasteiger partial charge in [0.25, 0.3) is 5.16 Å². The molecule has 0 aliphatic rings. The summed E-state index contributed by atoms with van der Waals surface area (Å²) >= 11 is 0. The molecule has 0 radical (unpaired) electrons. The van der Waals surface area contributed by atoms with E-state index in [9.17, 15) is 8.42 Å². The zero-order valence-electron chi connectivity index (χ0n) is 14.4. The van der Waals surface area contributed by atoms with E-state index in [-0.39, 0.29) is 17.5 Å². The average molecular weight is 372 g/mol. The maximum atomic E-state index is 12.6. The van der Waals surface area contributed by atoms with Gasteiger partial charge in [-0.3, -0.25) is 0 Å². The molecule has 0 spiro atoms. The van der Waals surface area contributed by atoms with Crippen LogP contribution < -0.4 is 4.74 Å². The second-order valence-electron chi connectivity index (χ2n) is 5.88. The number of benzene rings is 2. The first-order valence-electron chi connectivity index (χ1n) is 8.24. The summed E-state index contributed by atoms with van der Waals surface area (Å²) in [5.41, 5.74) is 2.00. The number of aryl methyl sites for hydroxylation is 1. The summed E-state index contributed by atoms with van der Waals surface area (Å²) in [6.45, 7) is 0.282. The molecule has 3 aromatic rings. The van der Waals surface area contributed by atoms with Gasteiger partial charge in [0, 0.05) is 0 Å². The number of rotatable bonds is 8. The Kier molecular flexibility index (Phi) is 5.62. The van der Waals surface area contributed by atoms with Crippen molar-refractivity contribution in [2.24, 2.45) is 0 Å². The van der Waals surface area contributed by atoms with Gasteiger partial charge in [0.15, 0.2) is 0 Å². The number of nitrogens with zero attached hydrogens (tertiary/aromatic N) is 4. The summed E-state index contributed by atoms with van der Waals surface area (Å²) in [5.74, 6) is 0.740. The molecule has 0 aliphatic heterocycles. The highest BCUT2D eigenvalue weighted by Crippen LogP contribution is 2.15. The van der Waals surface area contributed by atoms with E-state index in [4.69, 9.17) is 4.74 Å². The fourth-order valence-electron chi connectivity index (χ4n) is 2.62. The van der Waals surface area contributed by atoms with E-state index in [2.05, 4.69) is 15.5 Å².